The fraction of sp³-hybridized carbons (Fsp3) is 0.429. The summed E-state index contributed by atoms with van der Waals surface area (Å²) in [4.78, 5) is 11.7. The average molecular weight is 332 g/mol. The summed E-state index contributed by atoms with van der Waals surface area (Å²) in [5.41, 5.74) is 2.65. The van der Waals surface area contributed by atoms with Gasteiger partial charge in [-0.15, -0.1) is 10.2 Å². The smallest absolute Gasteiger partial charge is 0.307 e. The molecule has 0 amide bonds. The van der Waals surface area contributed by atoms with E-state index in [4.69, 9.17) is 0 Å². The maximum atomic E-state index is 11.7. The van der Waals surface area contributed by atoms with Crippen LogP contribution >= 0.6 is 11.7 Å². The molecule has 0 spiro atoms. The van der Waals surface area contributed by atoms with E-state index in [1.54, 1.807) is 0 Å². The third-order valence-electron chi connectivity index (χ3n) is 3.87. The summed E-state index contributed by atoms with van der Waals surface area (Å²) in [7, 11) is 0. The lowest BCUT2D eigenvalue weighted by Gasteiger charge is -2.20. The monoisotopic (exact) mass is 332 g/mol. The van der Waals surface area contributed by atoms with E-state index in [2.05, 4.69) is 29.4 Å². The maximum absolute atomic E-state index is 11.7. The lowest BCUT2D eigenvalue weighted by Crippen LogP contribution is -2.25. The predicted octanol–water partition coefficient (Wildman–Crippen LogP) is 2.03. The molecule has 2 atom stereocenters. The summed E-state index contributed by atoms with van der Waals surface area (Å²) in [5.74, 6) is -1.29. The molecule has 8 nitrogen and oxygen atoms in total. The van der Waals surface area contributed by atoms with E-state index in [1.165, 1.54) is 0 Å². The first-order chi connectivity index (χ1) is 11.2. The number of benzene rings is 1. The van der Waals surface area contributed by atoms with Gasteiger partial charge in [-0.05, 0) is 30.5 Å². The van der Waals surface area contributed by atoms with Crippen molar-refractivity contribution in [3.05, 3.63) is 29.6 Å². The van der Waals surface area contributed by atoms with Crippen LogP contribution in [0, 0.1) is 5.92 Å². The first-order valence-corrected chi connectivity index (χ1v) is 8.09. The second-order valence-corrected chi connectivity index (χ2v) is 5.93. The number of aromatic amines is 1. The first-order valence-electron chi connectivity index (χ1n) is 7.36. The topological polar surface area (TPSA) is 118 Å². The SMILES string of the molecule is CCCC(C(=O)O)C(Cc1ccc2nsnc2c1)c1nn[nH]n1. The third kappa shape index (κ3) is 3.34. The summed E-state index contributed by atoms with van der Waals surface area (Å²) in [6, 6.07) is 5.79. The number of carboxylic acid groups (broad SMARTS) is 1. The molecule has 0 aliphatic rings. The minimum atomic E-state index is -0.835. The number of tetrazole rings is 1. The van der Waals surface area contributed by atoms with Gasteiger partial charge in [0, 0.05) is 5.92 Å². The van der Waals surface area contributed by atoms with E-state index in [9.17, 15) is 9.90 Å². The normalized spacial score (nSPS) is 14.0. The van der Waals surface area contributed by atoms with Crippen molar-refractivity contribution in [2.45, 2.75) is 32.1 Å². The lowest BCUT2D eigenvalue weighted by molar-refractivity contribution is -0.142. The Kier molecular flexibility index (Phi) is 4.56. The second-order valence-electron chi connectivity index (χ2n) is 5.40. The second kappa shape index (κ2) is 6.78. The Hall–Kier alpha value is -2.42. The molecular weight excluding hydrogens is 316 g/mol. The number of carboxylic acids is 1. The molecule has 0 aliphatic heterocycles. The van der Waals surface area contributed by atoms with Crippen LogP contribution in [0.25, 0.3) is 11.0 Å². The molecule has 0 fully saturated rings. The Morgan fingerprint density at radius 1 is 1.35 bits per heavy atom. The predicted molar refractivity (Wildman–Crippen MR) is 84.1 cm³/mol. The minimum absolute atomic E-state index is 0.338. The van der Waals surface area contributed by atoms with E-state index in [0.29, 0.717) is 18.7 Å². The number of aliphatic carboxylic acids is 1. The average Bonchev–Trinajstić information content (AvgIpc) is 3.20. The van der Waals surface area contributed by atoms with Gasteiger partial charge in [-0.3, -0.25) is 4.79 Å². The van der Waals surface area contributed by atoms with Crippen molar-refractivity contribution < 1.29 is 9.90 Å². The van der Waals surface area contributed by atoms with Crippen LogP contribution in [0.1, 0.15) is 37.1 Å². The van der Waals surface area contributed by atoms with Gasteiger partial charge in [0.1, 0.15) is 11.0 Å². The van der Waals surface area contributed by atoms with Crippen molar-refractivity contribution in [1.29, 1.82) is 0 Å². The van der Waals surface area contributed by atoms with Gasteiger partial charge >= 0.3 is 5.97 Å². The van der Waals surface area contributed by atoms with Crippen LogP contribution in [0.5, 0.6) is 0 Å². The largest absolute Gasteiger partial charge is 0.481 e. The van der Waals surface area contributed by atoms with E-state index in [1.807, 2.05) is 25.1 Å². The molecule has 0 aliphatic carbocycles. The molecule has 2 unspecified atom stereocenters. The van der Waals surface area contributed by atoms with Crippen molar-refractivity contribution in [3.8, 4) is 0 Å². The highest BCUT2D eigenvalue weighted by Gasteiger charge is 2.32. The van der Waals surface area contributed by atoms with E-state index < -0.39 is 11.9 Å². The number of nitrogens with one attached hydrogen (secondary N) is 1. The molecule has 9 heteroatoms. The summed E-state index contributed by atoms with van der Waals surface area (Å²) in [5, 5.41) is 23.6. The quantitative estimate of drug-likeness (QED) is 0.679. The van der Waals surface area contributed by atoms with Crippen LogP contribution in [0.2, 0.25) is 0 Å². The van der Waals surface area contributed by atoms with Crippen LogP contribution < -0.4 is 0 Å². The van der Waals surface area contributed by atoms with Gasteiger partial charge in [0.25, 0.3) is 0 Å². The van der Waals surface area contributed by atoms with E-state index in [-0.39, 0.29) is 5.92 Å². The van der Waals surface area contributed by atoms with Crippen molar-refractivity contribution in [2.24, 2.45) is 5.92 Å². The van der Waals surface area contributed by atoms with E-state index in [0.717, 1.165) is 34.7 Å². The molecule has 0 saturated carbocycles. The van der Waals surface area contributed by atoms with E-state index >= 15 is 0 Å². The minimum Gasteiger partial charge on any atom is -0.481 e. The van der Waals surface area contributed by atoms with Gasteiger partial charge in [0.05, 0.1) is 17.6 Å². The number of H-pyrrole nitrogens is 1. The molecule has 2 N–H and O–H groups in total. The molecule has 3 rings (SSSR count). The molecule has 1 aromatic carbocycles. The highest BCUT2D eigenvalue weighted by molar-refractivity contribution is 7.00. The van der Waals surface area contributed by atoms with Crippen LogP contribution in [-0.2, 0) is 11.2 Å². The summed E-state index contributed by atoms with van der Waals surface area (Å²) >= 11 is 1.16. The Labute approximate surface area is 136 Å². The number of carbonyl (C=O) groups is 1. The first kappa shape index (κ1) is 15.5. The van der Waals surface area contributed by atoms with Gasteiger partial charge in [-0.2, -0.15) is 14.0 Å². The molecule has 23 heavy (non-hydrogen) atoms. The van der Waals surface area contributed by atoms with Gasteiger partial charge < -0.3 is 5.11 Å². The number of fused-ring (bicyclic) bond motifs is 1. The van der Waals surface area contributed by atoms with Gasteiger partial charge in [0.2, 0.25) is 0 Å². The number of rotatable bonds is 7. The zero-order chi connectivity index (χ0) is 16.2. The molecular formula is C14H16N6O2S. The van der Waals surface area contributed by atoms with Crippen LogP contribution in [0.15, 0.2) is 18.2 Å². The lowest BCUT2D eigenvalue weighted by atomic mass is 9.83. The molecule has 0 radical (unpaired) electrons. The van der Waals surface area contributed by atoms with Crippen LogP contribution in [-0.4, -0.2) is 40.4 Å². The Balaban J connectivity index is 1.92. The standard InChI is InChI=1S/C14H16N6O2S/c1-2-3-9(14(21)22)10(13-15-19-20-16-13)6-8-4-5-11-12(7-8)18-23-17-11/h4-5,7,9-10H,2-3,6H2,1H3,(H,21,22)(H,15,16,19,20). The van der Waals surface area contributed by atoms with Gasteiger partial charge in [-0.1, -0.05) is 24.6 Å². The van der Waals surface area contributed by atoms with Crippen LogP contribution in [0.4, 0.5) is 0 Å². The molecule has 0 saturated heterocycles. The zero-order valence-corrected chi connectivity index (χ0v) is 13.3. The maximum Gasteiger partial charge on any atom is 0.307 e. The highest BCUT2D eigenvalue weighted by atomic mass is 32.1. The molecule has 3 aromatic rings. The van der Waals surface area contributed by atoms with Crippen molar-refractivity contribution in [1.82, 2.24) is 29.4 Å². The molecule has 2 heterocycles. The summed E-state index contributed by atoms with van der Waals surface area (Å²) in [6.45, 7) is 1.97. The molecule has 120 valence electrons. The summed E-state index contributed by atoms with van der Waals surface area (Å²) in [6.07, 6.45) is 1.86. The number of nitrogens with zero attached hydrogens (tertiary/aromatic N) is 5. The van der Waals surface area contributed by atoms with Crippen molar-refractivity contribution in [3.63, 3.8) is 0 Å². The fourth-order valence-electron chi connectivity index (χ4n) is 2.76. The Morgan fingerprint density at radius 2 is 2.17 bits per heavy atom. The number of hydrogen-bond acceptors (Lipinski definition) is 7. The summed E-state index contributed by atoms with van der Waals surface area (Å²) < 4.78 is 8.41. The van der Waals surface area contributed by atoms with Gasteiger partial charge in [-0.25, -0.2) is 0 Å². The Bertz CT molecular complexity index is 788. The van der Waals surface area contributed by atoms with Crippen molar-refractivity contribution >= 4 is 28.7 Å². The van der Waals surface area contributed by atoms with Gasteiger partial charge in [0.15, 0.2) is 5.82 Å². The third-order valence-corrected chi connectivity index (χ3v) is 4.43. The van der Waals surface area contributed by atoms with Crippen LogP contribution in [0.3, 0.4) is 0 Å². The number of aromatic nitrogens is 6. The molecule has 2 aromatic heterocycles. The zero-order valence-electron chi connectivity index (χ0n) is 12.5. The van der Waals surface area contributed by atoms with Crippen molar-refractivity contribution in [2.75, 3.05) is 0 Å². The Morgan fingerprint density at radius 3 is 2.87 bits per heavy atom. The highest BCUT2D eigenvalue weighted by Crippen LogP contribution is 2.30. The fourth-order valence-corrected chi connectivity index (χ4v) is 3.27. The molecule has 0 bridgehead atoms. The number of hydrogen-bond donors (Lipinski definition) is 2.